The average molecular weight is 545 g/mol. The van der Waals surface area contributed by atoms with Gasteiger partial charge in [0.15, 0.2) is 18.2 Å². The summed E-state index contributed by atoms with van der Waals surface area (Å²) >= 11 is 15.8. The number of Topliss-reactive ketones (excluding diaryl/α,β-unsaturated/α-hetero) is 1. The van der Waals surface area contributed by atoms with Crippen molar-refractivity contribution in [3.8, 4) is 17.1 Å². The second kappa shape index (κ2) is 9.87. The van der Waals surface area contributed by atoms with Crippen molar-refractivity contribution >= 4 is 50.9 Å². The van der Waals surface area contributed by atoms with Gasteiger partial charge in [0, 0.05) is 25.6 Å². The molecule has 0 saturated carbocycles. The van der Waals surface area contributed by atoms with Crippen LogP contribution in [0.2, 0.25) is 10.0 Å². The number of halogens is 3. The third-order valence-electron chi connectivity index (χ3n) is 4.77. The fourth-order valence-corrected chi connectivity index (χ4v) is 3.65. The standard InChI is InChI=1S/C24H16BrCl2N3O3/c1-14-5-10-19(12-20(14)27)30-23(16-3-2-4-18(26)11-16)28-22(29-30)24(32)33-13-21(31)15-6-8-17(25)9-7-15/h2-12H,13H2,1H3. The maximum atomic E-state index is 12.7. The first kappa shape index (κ1) is 23.2. The lowest BCUT2D eigenvalue weighted by molar-refractivity contribution is 0.0462. The van der Waals surface area contributed by atoms with Crippen LogP contribution in [0, 0.1) is 6.92 Å². The number of rotatable bonds is 6. The highest BCUT2D eigenvalue weighted by Gasteiger charge is 2.21. The Balaban J connectivity index is 1.64. The van der Waals surface area contributed by atoms with Crippen LogP contribution < -0.4 is 0 Å². The van der Waals surface area contributed by atoms with Gasteiger partial charge < -0.3 is 4.74 Å². The predicted molar refractivity (Wildman–Crippen MR) is 130 cm³/mol. The summed E-state index contributed by atoms with van der Waals surface area (Å²) in [5, 5.41) is 5.38. The Morgan fingerprint density at radius 1 is 1.03 bits per heavy atom. The molecule has 0 atom stereocenters. The summed E-state index contributed by atoms with van der Waals surface area (Å²) in [6, 6.07) is 19.2. The molecule has 0 amide bonds. The van der Waals surface area contributed by atoms with E-state index in [0.29, 0.717) is 32.7 Å². The molecule has 0 unspecified atom stereocenters. The minimum atomic E-state index is -0.819. The first-order valence-electron chi connectivity index (χ1n) is 9.77. The van der Waals surface area contributed by atoms with E-state index in [1.807, 2.05) is 19.1 Å². The summed E-state index contributed by atoms with van der Waals surface area (Å²) in [5.74, 6) is -0.967. The number of aryl methyl sites for hydroxylation is 1. The molecule has 1 heterocycles. The highest BCUT2D eigenvalue weighted by atomic mass is 79.9. The zero-order valence-electron chi connectivity index (χ0n) is 17.3. The van der Waals surface area contributed by atoms with Crippen molar-refractivity contribution in [3.05, 3.63) is 98.2 Å². The number of hydrogen-bond acceptors (Lipinski definition) is 5. The van der Waals surface area contributed by atoms with Crippen LogP contribution >= 0.6 is 39.1 Å². The molecule has 4 aromatic rings. The van der Waals surface area contributed by atoms with Crippen LogP contribution in [0.4, 0.5) is 0 Å². The van der Waals surface area contributed by atoms with Gasteiger partial charge in [-0.05, 0) is 48.9 Å². The Labute approximate surface area is 208 Å². The quantitative estimate of drug-likeness (QED) is 0.209. The zero-order valence-corrected chi connectivity index (χ0v) is 20.4. The Kier molecular flexibility index (Phi) is 6.93. The summed E-state index contributed by atoms with van der Waals surface area (Å²) in [5.41, 5.74) is 2.59. The Hall–Kier alpha value is -3.00. The third-order valence-corrected chi connectivity index (χ3v) is 5.94. The number of carbonyl (C=O) groups is 2. The molecule has 0 aliphatic heterocycles. The number of nitrogens with zero attached hydrogens (tertiary/aromatic N) is 3. The molecule has 3 aromatic carbocycles. The topological polar surface area (TPSA) is 74.1 Å². The van der Waals surface area contributed by atoms with Gasteiger partial charge in [0.25, 0.3) is 5.82 Å². The molecule has 0 fully saturated rings. The molecule has 1 aromatic heterocycles. The smallest absolute Gasteiger partial charge is 0.378 e. The van der Waals surface area contributed by atoms with Gasteiger partial charge >= 0.3 is 5.97 Å². The number of ketones is 1. The largest absolute Gasteiger partial charge is 0.451 e. The summed E-state index contributed by atoms with van der Waals surface area (Å²) in [7, 11) is 0. The van der Waals surface area contributed by atoms with Gasteiger partial charge in [-0.15, -0.1) is 5.10 Å². The van der Waals surface area contributed by atoms with E-state index < -0.39 is 12.6 Å². The van der Waals surface area contributed by atoms with Crippen molar-refractivity contribution in [1.29, 1.82) is 0 Å². The molecule has 4 rings (SSSR count). The summed E-state index contributed by atoms with van der Waals surface area (Å²) < 4.78 is 7.52. The van der Waals surface area contributed by atoms with Crippen LogP contribution in [0.5, 0.6) is 0 Å². The van der Waals surface area contributed by atoms with Gasteiger partial charge in [0.05, 0.1) is 5.69 Å². The molecule has 0 spiro atoms. The summed E-state index contributed by atoms with van der Waals surface area (Å²) in [6.07, 6.45) is 0. The molecule has 0 bridgehead atoms. The fourth-order valence-electron chi connectivity index (χ4n) is 3.02. The maximum Gasteiger partial charge on any atom is 0.378 e. The summed E-state index contributed by atoms with van der Waals surface area (Å²) in [4.78, 5) is 29.4. The van der Waals surface area contributed by atoms with E-state index in [9.17, 15) is 9.59 Å². The molecule has 9 heteroatoms. The number of benzene rings is 3. The van der Waals surface area contributed by atoms with E-state index in [1.54, 1.807) is 54.6 Å². The van der Waals surface area contributed by atoms with Crippen LogP contribution in [0.1, 0.15) is 26.5 Å². The number of hydrogen-bond donors (Lipinski definition) is 0. The predicted octanol–water partition coefficient (Wildman–Crippen LogP) is 6.35. The van der Waals surface area contributed by atoms with Crippen molar-refractivity contribution < 1.29 is 14.3 Å². The molecule has 0 radical (unpaired) electrons. The lowest BCUT2D eigenvalue weighted by Crippen LogP contribution is -2.15. The van der Waals surface area contributed by atoms with E-state index in [1.165, 1.54) is 4.68 Å². The SMILES string of the molecule is Cc1ccc(-n2nc(C(=O)OCC(=O)c3ccc(Br)cc3)nc2-c2cccc(Cl)c2)cc1Cl. The molecule has 166 valence electrons. The number of carbonyl (C=O) groups excluding carboxylic acids is 2. The van der Waals surface area contributed by atoms with Crippen LogP contribution in [0.15, 0.2) is 71.2 Å². The number of ether oxygens (including phenoxy) is 1. The minimum absolute atomic E-state index is 0.190. The van der Waals surface area contributed by atoms with Gasteiger partial charge in [0.2, 0.25) is 0 Å². The van der Waals surface area contributed by atoms with Crippen molar-refractivity contribution in [3.63, 3.8) is 0 Å². The number of esters is 1. The van der Waals surface area contributed by atoms with Crippen molar-refractivity contribution in [2.75, 3.05) is 6.61 Å². The Morgan fingerprint density at radius 3 is 2.48 bits per heavy atom. The Morgan fingerprint density at radius 2 is 1.79 bits per heavy atom. The molecule has 0 aliphatic carbocycles. The highest BCUT2D eigenvalue weighted by Crippen LogP contribution is 2.26. The van der Waals surface area contributed by atoms with Gasteiger partial charge in [-0.1, -0.05) is 69.5 Å². The van der Waals surface area contributed by atoms with Crippen LogP contribution in [-0.2, 0) is 4.74 Å². The van der Waals surface area contributed by atoms with Gasteiger partial charge in [0.1, 0.15) is 0 Å². The van der Waals surface area contributed by atoms with Crippen LogP contribution in [0.3, 0.4) is 0 Å². The van der Waals surface area contributed by atoms with Crippen molar-refractivity contribution in [2.45, 2.75) is 6.92 Å². The molecular formula is C24H16BrCl2N3O3. The molecule has 0 aliphatic rings. The van der Waals surface area contributed by atoms with Crippen molar-refractivity contribution in [2.24, 2.45) is 0 Å². The fraction of sp³-hybridized carbons (Fsp3) is 0.0833. The molecule has 6 nitrogen and oxygen atoms in total. The second-order valence-corrected chi connectivity index (χ2v) is 8.88. The average Bonchev–Trinajstić information content (AvgIpc) is 3.25. The lowest BCUT2D eigenvalue weighted by Gasteiger charge is -2.08. The molecule has 0 N–H and O–H groups in total. The maximum absolute atomic E-state index is 12.7. The highest BCUT2D eigenvalue weighted by molar-refractivity contribution is 9.10. The zero-order chi connectivity index (χ0) is 23.5. The first-order chi connectivity index (χ1) is 15.8. The first-order valence-corrected chi connectivity index (χ1v) is 11.3. The second-order valence-electron chi connectivity index (χ2n) is 7.12. The summed E-state index contributed by atoms with van der Waals surface area (Å²) in [6.45, 7) is 1.45. The van der Waals surface area contributed by atoms with E-state index >= 15 is 0 Å². The Bertz CT molecular complexity index is 1350. The van der Waals surface area contributed by atoms with E-state index in [-0.39, 0.29) is 11.6 Å². The molecular weight excluding hydrogens is 529 g/mol. The minimum Gasteiger partial charge on any atom is -0.451 e. The van der Waals surface area contributed by atoms with Gasteiger partial charge in [-0.2, -0.15) is 0 Å². The van der Waals surface area contributed by atoms with Gasteiger partial charge in [-0.3, -0.25) is 4.79 Å². The van der Waals surface area contributed by atoms with E-state index in [4.69, 9.17) is 27.9 Å². The number of aromatic nitrogens is 3. The molecule has 33 heavy (non-hydrogen) atoms. The van der Waals surface area contributed by atoms with Crippen LogP contribution in [0.25, 0.3) is 17.1 Å². The lowest BCUT2D eigenvalue weighted by atomic mass is 10.1. The van der Waals surface area contributed by atoms with E-state index in [0.717, 1.165) is 10.0 Å². The monoisotopic (exact) mass is 543 g/mol. The van der Waals surface area contributed by atoms with Gasteiger partial charge in [-0.25, -0.2) is 14.5 Å². The normalized spacial score (nSPS) is 10.8. The molecule has 0 saturated heterocycles. The van der Waals surface area contributed by atoms with E-state index in [2.05, 4.69) is 26.0 Å². The van der Waals surface area contributed by atoms with Crippen molar-refractivity contribution in [1.82, 2.24) is 14.8 Å². The third kappa shape index (κ3) is 5.33. The van der Waals surface area contributed by atoms with Crippen LogP contribution in [-0.4, -0.2) is 33.1 Å².